The summed E-state index contributed by atoms with van der Waals surface area (Å²) < 4.78 is 1.12. The van der Waals surface area contributed by atoms with E-state index in [0.29, 0.717) is 6.54 Å². The Morgan fingerprint density at radius 3 is 2.41 bits per heavy atom. The van der Waals surface area contributed by atoms with Gasteiger partial charge in [0, 0.05) is 5.56 Å². The third-order valence-corrected chi connectivity index (χ3v) is 6.13. The number of hydrogen-bond donors (Lipinski definition) is 0. The predicted octanol–water partition coefficient (Wildman–Crippen LogP) is 6.38. The van der Waals surface area contributed by atoms with Gasteiger partial charge in [-0.25, -0.2) is 4.98 Å². The third kappa shape index (κ3) is 3.94. The van der Waals surface area contributed by atoms with E-state index in [0.717, 1.165) is 43.2 Å². The molecule has 4 heteroatoms. The Morgan fingerprint density at radius 1 is 0.897 bits per heavy atom. The number of nitrogens with zero attached hydrogens (tertiary/aromatic N) is 2. The van der Waals surface area contributed by atoms with Crippen LogP contribution in [-0.4, -0.2) is 10.9 Å². The van der Waals surface area contributed by atoms with Crippen molar-refractivity contribution >= 4 is 32.6 Å². The highest BCUT2D eigenvalue weighted by Gasteiger charge is 2.23. The van der Waals surface area contributed by atoms with Gasteiger partial charge in [-0.15, -0.1) is 0 Å². The van der Waals surface area contributed by atoms with E-state index in [-0.39, 0.29) is 5.91 Å². The van der Waals surface area contributed by atoms with Gasteiger partial charge in [0.05, 0.1) is 16.8 Å². The summed E-state index contributed by atoms with van der Waals surface area (Å²) in [5, 5.41) is 0.739. The van der Waals surface area contributed by atoms with Crippen LogP contribution in [0.15, 0.2) is 60.7 Å². The Hall–Kier alpha value is -2.98. The van der Waals surface area contributed by atoms with Crippen LogP contribution in [0.4, 0.5) is 5.13 Å². The average Bonchev–Trinajstić information content (AvgIpc) is 3.12. The fourth-order valence-corrected chi connectivity index (χ4v) is 4.72. The lowest BCUT2D eigenvalue weighted by Gasteiger charge is -2.21. The van der Waals surface area contributed by atoms with Gasteiger partial charge in [-0.05, 0) is 62.1 Å². The molecular formula is C25H24N2OS. The van der Waals surface area contributed by atoms with E-state index in [2.05, 4.69) is 26.0 Å². The highest BCUT2D eigenvalue weighted by Crippen LogP contribution is 2.33. The third-order valence-electron chi connectivity index (χ3n) is 5.10. The van der Waals surface area contributed by atoms with Crippen molar-refractivity contribution in [1.29, 1.82) is 0 Å². The van der Waals surface area contributed by atoms with Crippen molar-refractivity contribution in [3.63, 3.8) is 0 Å². The summed E-state index contributed by atoms with van der Waals surface area (Å²) >= 11 is 1.58. The molecule has 1 heterocycles. The molecule has 4 rings (SSSR count). The molecule has 0 unspecified atom stereocenters. The van der Waals surface area contributed by atoms with E-state index in [1.807, 2.05) is 67.3 Å². The molecule has 0 aliphatic carbocycles. The van der Waals surface area contributed by atoms with Crippen LogP contribution in [0, 0.1) is 27.7 Å². The van der Waals surface area contributed by atoms with Gasteiger partial charge >= 0.3 is 0 Å². The summed E-state index contributed by atoms with van der Waals surface area (Å²) in [5.74, 6) is -0.0107. The molecule has 0 aliphatic rings. The molecule has 0 bridgehead atoms. The fourth-order valence-electron chi connectivity index (χ4n) is 3.58. The van der Waals surface area contributed by atoms with Crippen molar-refractivity contribution in [2.45, 2.75) is 34.2 Å². The molecule has 1 amide bonds. The summed E-state index contributed by atoms with van der Waals surface area (Å²) in [5.41, 5.74) is 7.19. The van der Waals surface area contributed by atoms with Crippen molar-refractivity contribution in [3.8, 4) is 0 Å². The van der Waals surface area contributed by atoms with Gasteiger partial charge in [0.2, 0.25) is 0 Å². The van der Waals surface area contributed by atoms with Crippen LogP contribution in [0.25, 0.3) is 10.2 Å². The molecule has 29 heavy (non-hydrogen) atoms. The number of amides is 1. The van der Waals surface area contributed by atoms with Crippen LogP contribution in [0.5, 0.6) is 0 Å². The van der Waals surface area contributed by atoms with E-state index in [9.17, 15) is 4.79 Å². The lowest BCUT2D eigenvalue weighted by molar-refractivity contribution is 0.0984. The zero-order chi connectivity index (χ0) is 20.5. The number of carbonyl (C=O) groups excluding carboxylic acids is 1. The Labute approximate surface area is 175 Å². The van der Waals surface area contributed by atoms with Gasteiger partial charge < -0.3 is 0 Å². The van der Waals surface area contributed by atoms with Crippen LogP contribution >= 0.6 is 11.3 Å². The molecule has 0 atom stereocenters. The second-order valence-electron chi connectivity index (χ2n) is 7.62. The van der Waals surface area contributed by atoms with Crippen molar-refractivity contribution in [2.75, 3.05) is 4.90 Å². The molecule has 3 nitrogen and oxygen atoms in total. The molecule has 0 N–H and O–H groups in total. The molecule has 0 saturated carbocycles. The number of thiazole rings is 1. The molecule has 0 radical (unpaired) electrons. The van der Waals surface area contributed by atoms with Gasteiger partial charge in [0.15, 0.2) is 5.13 Å². The predicted molar refractivity (Wildman–Crippen MR) is 122 cm³/mol. The summed E-state index contributed by atoms with van der Waals surface area (Å²) in [4.78, 5) is 20.3. The number of fused-ring (bicyclic) bond motifs is 1. The monoisotopic (exact) mass is 400 g/mol. The van der Waals surface area contributed by atoms with E-state index in [4.69, 9.17) is 4.98 Å². The smallest absolute Gasteiger partial charge is 0.260 e. The van der Waals surface area contributed by atoms with E-state index in [1.54, 1.807) is 11.3 Å². The second-order valence-corrected chi connectivity index (χ2v) is 8.63. The number of benzene rings is 3. The molecule has 1 aromatic heterocycles. The van der Waals surface area contributed by atoms with Crippen molar-refractivity contribution in [1.82, 2.24) is 4.98 Å². The molecule has 0 aliphatic heterocycles. The highest BCUT2D eigenvalue weighted by atomic mass is 32.1. The number of aryl methyl sites for hydroxylation is 4. The minimum Gasteiger partial charge on any atom is -0.279 e. The number of hydrogen-bond acceptors (Lipinski definition) is 3. The number of carbonyl (C=O) groups is 1. The minimum absolute atomic E-state index is 0.0107. The van der Waals surface area contributed by atoms with E-state index >= 15 is 0 Å². The molecule has 0 fully saturated rings. The standard InChI is InChI=1S/C25H24N2OS/c1-16-10-11-18(3)21(13-16)24(28)27(15-20-8-6-5-7-9-20)25-26-23-19(4)12-17(2)14-22(23)29-25/h5-14H,15H2,1-4H3. The minimum atomic E-state index is -0.0107. The van der Waals surface area contributed by atoms with Crippen molar-refractivity contribution in [3.05, 3.63) is 94.0 Å². The molecule has 0 saturated heterocycles. The molecule has 146 valence electrons. The van der Waals surface area contributed by atoms with Crippen LogP contribution in [0.2, 0.25) is 0 Å². The normalized spacial score (nSPS) is 11.0. The van der Waals surface area contributed by atoms with Gasteiger partial charge in [0.1, 0.15) is 0 Å². The van der Waals surface area contributed by atoms with Gasteiger partial charge in [-0.2, -0.15) is 0 Å². The Bertz CT molecular complexity index is 1190. The number of rotatable bonds is 4. The van der Waals surface area contributed by atoms with Gasteiger partial charge in [0.25, 0.3) is 5.91 Å². The maximum atomic E-state index is 13.6. The van der Waals surface area contributed by atoms with Crippen molar-refractivity contribution < 1.29 is 4.79 Å². The first-order valence-electron chi connectivity index (χ1n) is 9.73. The number of aromatic nitrogens is 1. The SMILES string of the molecule is Cc1ccc(C)c(C(=O)N(Cc2ccccc2)c2nc3c(C)cc(C)cc3s2)c1. The second kappa shape index (κ2) is 7.80. The first kappa shape index (κ1) is 19.3. The first-order valence-corrected chi connectivity index (χ1v) is 10.5. The Morgan fingerprint density at radius 2 is 1.66 bits per heavy atom. The van der Waals surface area contributed by atoms with Crippen LogP contribution < -0.4 is 4.90 Å². The number of anilines is 1. The fraction of sp³-hybridized carbons (Fsp3) is 0.200. The largest absolute Gasteiger partial charge is 0.279 e. The van der Waals surface area contributed by atoms with Crippen LogP contribution in [0.3, 0.4) is 0 Å². The zero-order valence-electron chi connectivity index (χ0n) is 17.2. The van der Waals surface area contributed by atoms with E-state index in [1.165, 1.54) is 5.56 Å². The average molecular weight is 401 g/mol. The van der Waals surface area contributed by atoms with Crippen LogP contribution in [0.1, 0.15) is 38.2 Å². The topological polar surface area (TPSA) is 33.2 Å². The quantitative estimate of drug-likeness (QED) is 0.398. The maximum absolute atomic E-state index is 13.6. The maximum Gasteiger partial charge on any atom is 0.260 e. The molecule has 0 spiro atoms. The lowest BCUT2D eigenvalue weighted by atomic mass is 10.0. The van der Waals surface area contributed by atoms with E-state index < -0.39 is 0 Å². The summed E-state index contributed by atoms with van der Waals surface area (Å²) in [6.07, 6.45) is 0. The molecule has 4 aromatic rings. The summed E-state index contributed by atoms with van der Waals surface area (Å²) in [6, 6.07) is 20.4. The summed E-state index contributed by atoms with van der Waals surface area (Å²) in [6.45, 7) is 8.66. The Balaban J connectivity index is 1.83. The van der Waals surface area contributed by atoms with Gasteiger partial charge in [-0.3, -0.25) is 9.69 Å². The highest BCUT2D eigenvalue weighted by molar-refractivity contribution is 7.22. The van der Waals surface area contributed by atoms with Crippen LogP contribution in [-0.2, 0) is 6.54 Å². The van der Waals surface area contributed by atoms with Crippen molar-refractivity contribution in [2.24, 2.45) is 0 Å². The first-order chi connectivity index (χ1) is 13.9. The molecular weight excluding hydrogens is 376 g/mol. The zero-order valence-corrected chi connectivity index (χ0v) is 18.0. The summed E-state index contributed by atoms with van der Waals surface area (Å²) in [7, 11) is 0. The Kier molecular flexibility index (Phi) is 5.20. The molecule has 3 aromatic carbocycles. The lowest BCUT2D eigenvalue weighted by Crippen LogP contribution is -2.31. The van der Waals surface area contributed by atoms with Gasteiger partial charge in [-0.1, -0.05) is 65.4 Å².